The van der Waals surface area contributed by atoms with Gasteiger partial charge >= 0.3 is 0 Å². The molecule has 0 aliphatic carbocycles. The first kappa shape index (κ1) is 9.27. The summed E-state index contributed by atoms with van der Waals surface area (Å²) in [5.41, 5.74) is 0.595. The summed E-state index contributed by atoms with van der Waals surface area (Å²) in [5.74, 6) is 0.916. The summed E-state index contributed by atoms with van der Waals surface area (Å²) in [4.78, 5) is 10.5. The fourth-order valence-electron chi connectivity index (χ4n) is 1.32. The molecule has 0 aliphatic rings. The zero-order valence-corrected chi connectivity index (χ0v) is 9.00. The predicted octanol–water partition coefficient (Wildman–Crippen LogP) is 3.02. The van der Waals surface area contributed by atoms with Gasteiger partial charge in [0.25, 0.3) is 0 Å². The molecule has 0 bridgehead atoms. The summed E-state index contributed by atoms with van der Waals surface area (Å²) >= 11 is 3.35. The van der Waals surface area contributed by atoms with Crippen molar-refractivity contribution in [2.24, 2.45) is 0 Å². The fourth-order valence-corrected chi connectivity index (χ4v) is 1.77. The van der Waals surface area contributed by atoms with Crippen LogP contribution in [0.2, 0.25) is 0 Å². The van der Waals surface area contributed by atoms with Crippen molar-refractivity contribution in [1.29, 1.82) is 0 Å². The number of fused-ring (bicyclic) bond motifs is 1. The summed E-state index contributed by atoms with van der Waals surface area (Å²) in [6, 6.07) is 5.34. The van der Waals surface area contributed by atoms with Crippen molar-refractivity contribution in [3.8, 4) is 5.75 Å². The van der Waals surface area contributed by atoms with Gasteiger partial charge in [-0.05, 0) is 18.2 Å². The van der Waals surface area contributed by atoms with Crippen molar-refractivity contribution in [3.63, 3.8) is 0 Å². The highest BCUT2D eigenvalue weighted by molar-refractivity contribution is 9.10. The zero-order valence-electron chi connectivity index (χ0n) is 7.41. The molecular formula is C10H7BrO3. The molecule has 1 aromatic carbocycles. The molecule has 0 amide bonds. The highest BCUT2D eigenvalue weighted by Gasteiger charge is 2.09. The van der Waals surface area contributed by atoms with Crippen LogP contribution in [0.5, 0.6) is 5.75 Å². The van der Waals surface area contributed by atoms with Gasteiger partial charge in [-0.3, -0.25) is 4.79 Å². The number of halogens is 1. The second-order valence-electron chi connectivity index (χ2n) is 2.79. The van der Waals surface area contributed by atoms with Gasteiger partial charge in [-0.25, -0.2) is 0 Å². The summed E-state index contributed by atoms with van der Waals surface area (Å²) < 4.78 is 11.3. The van der Waals surface area contributed by atoms with E-state index < -0.39 is 0 Å². The Balaban J connectivity index is 2.77. The number of hydrogen-bond acceptors (Lipinski definition) is 3. The van der Waals surface area contributed by atoms with Crippen LogP contribution < -0.4 is 4.74 Å². The van der Waals surface area contributed by atoms with E-state index in [2.05, 4.69) is 15.9 Å². The van der Waals surface area contributed by atoms with E-state index in [0.717, 1.165) is 9.86 Å². The minimum Gasteiger partial charge on any atom is -0.493 e. The Morgan fingerprint density at radius 3 is 2.86 bits per heavy atom. The van der Waals surface area contributed by atoms with Gasteiger partial charge in [0.1, 0.15) is 0 Å². The molecule has 0 saturated carbocycles. The van der Waals surface area contributed by atoms with E-state index in [0.29, 0.717) is 23.4 Å². The van der Waals surface area contributed by atoms with E-state index >= 15 is 0 Å². The summed E-state index contributed by atoms with van der Waals surface area (Å²) in [6.45, 7) is 0. The SMILES string of the molecule is COc1cc(Br)cc2cc(C=O)oc12. The largest absolute Gasteiger partial charge is 0.493 e. The molecule has 0 fully saturated rings. The molecule has 0 unspecified atom stereocenters. The number of benzene rings is 1. The van der Waals surface area contributed by atoms with Crippen LogP contribution in [0.3, 0.4) is 0 Å². The van der Waals surface area contributed by atoms with Crippen LogP contribution in [0.1, 0.15) is 10.6 Å². The molecule has 4 heteroatoms. The van der Waals surface area contributed by atoms with E-state index in [1.54, 1.807) is 19.2 Å². The van der Waals surface area contributed by atoms with Gasteiger partial charge in [-0.1, -0.05) is 15.9 Å². The Labute approximate surface area is 88.8 Å². The number of aldehydes is 1. The molecule has 1 heterocycles. The lowest BCUT2D eigenvalue weighted by atomic mass is 10.2. The maximum Gasteiger partial charge on any atom is 0.185 e. The second kappa shape index (κ2) is 3.46. The van der Waals surface area contributed by atoms with Crippen LogP contribution >= 0.6 is 15.9 Å². The van der Waals surface area contributed by atoms with Crippen LogP contribution in [0.25, 0.3) is 11.0 Å². The molecule has 14 heavy (non-hydrogen) atoms. The molecule has 0 spiro atoms. The second-order valence-corrected chi connectivity index (χ2v) is 3.71. The summed E-state index contributed by atoms with van der Waals surface area (Å²) in [6.07, 6.45) is 0.674. The number of carbonyl (C=O) groups excluding carboxylic acids is 1. The van der Waals surface area contributed by atoms with Crippen LogP contribution in [0.15, 0.2) is 27.1 Å². The van der Waals surface area contributed by atoms with Crippen LogP contribution in [0.4, 0.5) is 0 Å². The van der Waals surface area contributed by atoms with Crippen molar-refractivity contribution in [1.82, 2.24) is 0 Å². The minimum absolute atomic E-state index is 0.302. The van der Waals surface area contributed by atoms with Crippen molar-refractivity contribution in [2.45, 2.75) is 0 Å². The van der Waals surface area contributed by atoms with Crippen molar-refractivity contribution < 1.29 is 13.9 Å². The number of hydrogen-bond donors (Lipinski definition) is 0. The third kappa shape index (κ3) is 1.42. The average molecular weight is 255 g/mol. The Morgan fingerprint density at radius 2 is 2.21 bits per heavy atom. The first-order valence-electron chi connectivity index (χ1n) is 3.97. The van der Waals surface area contributed by atoms with Crippen molar-refractivity contribution in [2.75, 3.05) is 7.11 Å². The summed E-state index contributed by atoms with van der Waals surface area (Å²) in [7, 11) is 1.56. The fraction of sp³-hybridized carbons (Fsp3) is 0.100. The lowest BCUT2D eigenvalue weighted by molar-refractivity contribution is 0.110. The Hall–Kier alpha value is -1.29. The van der Waals surface area contributed by atoms with E-state index in [9.17, 15) is 4.79 Å². The maximum atomic E-state index is 10.5. The Bertz CT molecular complexity index is 487. The van der Waals surface area contributed by atoms with Crippen LogP contribution in [0, 0.1) is 0 Å². The zero-order chi connectivity index (χ0) is 10.1. The smallest absolute Gasteiger partial charge is 0.185 e. The van der Waals surface area contributed by atoms with E-state index in [-0.39, 0.29) is 0 Å². The van der Waals surface area contributed by atoms with Crippen LogP contribution in [-0.2, 0) is 0 Å². The molecule has 3 nitrogen and oxygen atoms in total. The Kier molecular flexibility index (Phi) is 2.29. The van der Waals surface area contributed by atoms with Gasteiger partial charge in [0.05, 0.1) is 7.11 Å². The number of carbonyl (C=O) groups is 1. The van der Waals surface area contributed by atoms with Gasteiger partial charge < -0.3 is 9.15 Å². The number of methoxy groups -OCH3 is 1. The molecule has 0 aliphatic heterocycles. The van der Waals surface area contributed by atoms with Crippen molar-refractivity contribution in [3.05, 3.63) is 28.4 Å². The lowest BCUT2D eigenvalue weighted by Gasteiger charge is -2.00. The monoisotopic (exact) mass is 254 g/mol. The quantitative estimate of drug-likeness (QED) is 0.774. The Morgan fingerprint density at radius 1 is 1.43 bits per heavy atom. The van der Waals surface area contributed by atoms with E-state index in [1.165, 1.54) is 0 Å². The molecule has 72 valence electrons. The van der Waals surface area contributed by atoms with E-state index in [1.807, 2.05) is 6.07 Å². The van der Waals surface area contributed by atoms with Gasteiger partial charge in [0.2, 0.25) is 0 Å². The predicted molar refractivity (Wildman–Crippen MR) is 55.9 cm³/mol. The number of ether oxygens (including phenoxy) is 1. The molecule has 0 saturated heterocycles. The van der Waals surface area contributed by atoms with E-state index in [4.69, 9.17) is 9.15 Å². The minimum atomic E-state index is 0.302. The average Bonchev–Trinajstić information content (AvgIpc) is 2.59. The molecular weight excluding hydrogens is 248 g/mol. The molecule has 0 N–H and O–H groups in total. The van der Waals surface area contributed by atoms with Crippen LogP contribution in [-0.4, -0.2) is 13.4 Å². The van der Waals surface area contributed by atoms with Crippen molar-refractivity contribution >= 4 is 33.2 Å². The van der Waals surface area contributed by atoms with Gasteiger partial charge in [0.15, 0.2) is 23.4 Å². The standard InChI is InChI=1S/C10H7BrO3/c1-13-9-4-7(11)2-6-3-8(5-12)14-10(6)9/h2-5H,1H3. The maximum absolute atomic E-state index is 10.5. The molecule has 1 aromatic heterocycles. The topological polar surface area (TPSA) is 39.4 Å². The molecule has 0 radical (unpaired) electrons. The normalized spacial score (nSPS) is 10.4. The number of rotatable bonds is 2. The first-order chi connectivity index (χ1) is 6.74. The van der Waals surface area contributed by atoms with Gasteiger partial charge in [-0.15, -0.1) is 0 Å². The third-order valence-electron chi connectivity index (χ3n) is 1.90. The highest BCUT2D eigenvalue weighted by Crippen LogP contribution is 2.31. The lowest BCUT2D eigenvalue weighted by Crippen LogP contribution is -1.82. The van der Waals surface area contributed by atoms with Gasteiger partial charge in [0, 0.05) is 9.86 Å². The summed E-state index contributed by atoms with van der Waals surface area (Å²) in [5, 5.41) is 0.846. The van der Waals surface area contributed by atoms with Gasteiger partial charge in [-0.2, -0.15) is 0 Å². The highest BCUT2D eigenvalue weighted by atomic mass is 79.9. The third-order valence-corrected chi connectivity index (χ3v) is 2.36. The number of furan rings is 1. The molecule has 2 aromatic rings. The molecule has 2 rings (SSSR count). The first-order valence-corrected chi connectivity index (χ1v) is 4.76. The molecule has 0 atom stereocenters.